The Bertz CT molecular complexity index is 1200. The lowest BCUT2D eigenvalue weighted by Crippen LogP contribution is -2.49. The Hall–Kier alpha value is -2.73. The molecule has 0 radical (unpaired) electrons. The van der Waals surface area contributed by atoms with E-state index in [0.29, 0.717) is 15.8 Å². The first-order chi connectivity index (χ1) is 12.5. The highest BCUT2D eigenvalue weighted by atomic mass is 32.1. The number of rotatable bonds is 1. The molecule has 2 aliphatic heterocycles. The number of hydrogen-bond acceptors (Lipinski definition) is 4. The molecule has 6 heteroatoms. The van der Waals surface area contributed by atoms with Gasteiger partial charge >= 0.3 is 0 Å². The summed E-state index contributed by atoms with van der Waals surface area (Å²) in [6.45, 7) is 1.95. The van der Waals surface area contributed by atoms with E-state index in [1.54, 1.807) is 22.8 Å². The van der Waals surface area contributed by atoms with E-state index in [-0.39, 0.29) is 17.4 Å². The zero-order valence-corrected chi connectivity index (χ0v) is 14.8. The zero-order valence-electron chi connectivity index (χ0n) is 14.0. The summed E-state index contributed by atoms with van der Waals surface area (Å²) in [6, 6.07) is 13.8. The quantitative estimate of drug-likeness (QED) is 0.664. The monoisotopic (exact) mass is 366 g/mol. The molecule has 0 spiro atoms. The van der Waals surface area contributed by atoms with Crippen molar-refractivity contribution in [1.82, 2.24) is 4.57 Å². The summed E-state index contributed by atoms with van der Waals surface area (Å²) < 4.78 is 21.6. The first-order valence-corrected chi connectivity index (χ1v) is 9.21. The molecule has 2 aromatic carbocycles. The van der Waals surface area contributed by atoms with Gasteiger partial charge in [0.1, 0.15) is 11.6 Å². The van der Waals surface area contributed by atoms with Gasteiger partial charge in [-0.2, -0.15) is 0 Å². The van der Waals surface area contributed by atoms with Gasteiger partial charge in [-0.15, -0.1) is 0 Å². The van der Waals surface area contributed by atoms with Gasteiger partial charge in [-0.3, -0.25) is 9.36 Å². The Balaban J connectivity index is 1.74. The molecule has 130 valence electrons. The van der Waals surface area contributed by atoms with Crippen LogP contribution in [0.5, 0.6) is 5.75 Å². The third-order valence-corrected chi connectivity index (χ3v) is 5.81. The van der Waals surface area contributed by atoms with Crippen LogP contribution in [-0.2, 0) is 0 Å². The van der Waals surface area contributed by atoms with Crippen molar-refractivity contribution in [3.63, 3.8) is 0 Å². The molecule has 3 heterocycles. The molecule has 26 heavy (non-hydrogen) atoms. The van der Waals surface area contributed by atoms with Crippen LogP contribution in [-0.4, -0.2) is 10.3 Å². The molecule has 3 aromatic rings. The number of fused-ring (bicyclic) bond motifs is 6. The fourth-order valence-corrected chi connectivity index (χ4v) is 4.77. The first kappa shape index (κ1) is 15.5. The standard InChI is InChI=1S/C20H15FN2O2S/c1-20-11-15(14-4-2-3-5-16(14)25-20)23-18(24)17(26-19(23)22-20)10-12-6-8-13(21)9-7-12/h2-10,15H,11H2,1H3/b17-10-/t15-,20-/m1/s1. The van der Waals surface area contributed by atoms with Crippen molar-refractivity contribution in [3.05, 3.63) is 85.2 Å². The SMILES string of the molecule is C[C@]12C[C@H](c3ccccc3O1)n1c(s/c(=C\c3ccc(F)cc3)c1=O)=N2. The van der Waals surface area contributed by atoms with Crippen molar-refractivity contribution < 1.29 is 9.13 Å². The van der Waals surface area contributed by atoms with E-state index in [0.717, 1.165) is 16.9 Å². The van der Waals surface area contributed by atoms with E-state index in [4.69, 9.17) is 9.73 Å². The van der Waals surface area contributed by atoms with E-state index in [2.05, 4.69) is 0 Å². The molecule has 0 saturated heterocycles. The summed E-state index contributed by atoms with van der Waals surface area (Å²) in [7, 11) is 0. The molecular formula is C20H15FN2O2S. The van der Waals surface area contributed by atoms with Gasteiger partial charge in [-0.25, -0.2) is 9.38 Å². The van der Waals surface area contributed by atoms with E-state index >= 15 is 0 Å². The van der Waals surface area contributed by atoms with E-state index in [9.17, 15) is 9.18 Å². The normalized spacial score (nSPS) is 23.6. The molecule has 2 atom stereocenters. The third-order valence-electron chi connectivity index (χ3n) is 4.83. The Morgan fingerprint density at radius 2 is 2.04 bits per heavy atom. The van der Waals surface area contributed by atoms with Crippen molar-refractivity contribution in [3.8, 4) is 5.75 Å². The number of para-hydroxylation sites is 1. The minimum absolute atomic E-state index is 0.0678. The zero-order chi connectivity index (χ0) is 17.9. The van der Waals surface area contributed by atoms with Crippen LogP contribution in [0.15, 0.2) is 58.3 Å². The Kier molecular flexibility index (Phi) is 3.21. The van der Waals surface area contributed by atoms with E-state index in [1.165, 1.54) is 23.5 Å². The average molecular weight is 366 g/mol. The molecule has 0 amide bonds. The molecule has 4 nitrogen and oxygen atoms in total. The minimum Gasteiger partial charge on any atom is -0.466 e. The maximum Gasteiger partial charge on any atom is 0.270 e. The van der Waals surface area contributed by atoms with Gasteiger partial charge < -0.3 is 4.74 Å². The second-order valence-electron chi connectivity index (χ2n) is 6.77. The smallest absolute Gasteiger partial charge is 0.270 e. The molecule has 0 aliphatic carbocycles. The molecule has 5 rings (SSSR count). The van der Waals surface area contributed by atoms with Crippen molar-refractivity contribution in [2.75, 3.05) is 0 Å². The summed E-state index contributed by atoms with van der Waals surface area (Å²) in [4.78, 5) is 18.4. The van der Waals surface area contributed by atoms with Crippen LogP contribution in [0.1, 0.15) is 30.5 Å². The highest BCUT2D eigenvalue weighted by Gasteiger charge is 2.42. The number of ether oxygens (including phenoxy) is 1. The van der Waals surface area contributed by atoms with Crippen LogP contribution < -0.4 is 19.6 Å². The lowest BCUT2D eigenvalue weighted by molar-refractivity contribution is 0.0410. The van der Waals surface area contributed by atoms with Crippen LogP contribution >= 0.6 is 11.3 Å². The van der Waals surface area contributed by atoms with Gasteiger partial charge in [0.15, 0.2) is 4.80 Å². The van der Waals surface area contributed by atoms with Gasteiger partial charge in [-0.05, 0) is 36.8 Å². The molecule has 0 saturated carbocycles. The molecular weight excluding hydrogens is 351 g/mol. The summed E-state index contributed by atoms with van der Waals surface area (Å²) >= 11 is 1.35. The second kappa shape index (κ2) is 5.38. The van der Waals surface area contributed by atoms with Gasteiger partial charge in [0, 0.05) is 12.0 Å². The first-order valence-electron chi connectivity index (χ1n) is 8.39. The Labute approximate surface area is 152 Å². The number of hydrogen-bond donors (Lipinski definition) is 0. The van der Waals surface area contributed by atoms with Crippen LogP contribution in [0.25, 0.3) is 6.08 Å². The van der Waals surface area contributed by atoms with Crippen LogP contribution in [0.4, 0.5) is 4.39 Å². The highest BCUT2D eigenvalue weighted by Crippen LogP contribution is 2.42. The van der Waals surface area contributed by atoms with Gasteiger partial charge in [0.25, 0.3) is 5.56 Å². The van der Waals surface area contributed by atoms with Gasteiger partial charge in [-0.1, -0.05) is 41.7 Å². The molecule has 2 bridgehead atoms. The topological polar surface area (TPSA) is 43.6 Å². The maximum absolute atomic E-state index is 13.1. The number of aromatic nitrogens is 1. The van der Waals surface area contributed by atoms with Crippen LogP contribution in [0.3, 0.4) is 0 Å². The summed E-state index contributed by atoms with van der Waals surface area (Å²) in [6.07, 6.45) is 2.41. The summed E-state index contributed by atoms with van der Waals surface area (Å²) in [5.41, 5.74) is 1.06. The Morgan fingerprint density at radius 3 is 2.85 bits per heavy atom. The highest BCUT2D eigenvalue weighted by molar-refractivity contribution is 7.07. The largest absolute Gasteiger partial charge is 0.466 e. The predicted molar refractivity (Wildman–Crippen MR) is 97.6 cm³/mol. The lowest BCUT2D eigenvalue weighted by Gasteiger charge is -2.39. The van der Waals surface area contributed by atoms with Crippen molar-refractivity contribution >= 4 is 17.4 Å². The molecule has 2 aliphatic rings. The van der Waals surface area contributed by atoms with E-state index < -0.39 is 5.72 Å². The maximum atomic E-state index is 13.1. The number of nitrogens with zero attached hydrogens (tertiary/aromatic N) is 2. The number of thiazole rings is 1. The molecule has 0 unspecified atom stereocenters. The van der Waals surface area contributed by atoms with Crippen LogP contribution in [0, 0.1) is 5.82 Å². The molecule has 1 aromatic heterocycles. The average Bonchev–Trinajstić information content (AvgIpc) is 2.91. The van der Waals surface area contributed by atoms with Gasteiger partial charge in [0.2, 0.25) is 5.72 Å². The molecule has 0 fully saturated rings. The minimum atomic E-state index is -0.663. The van der Waals surface area contributed by atoms with Crippen LogP contribution in [0.2, 0.25) is 0 Å². The van der Waals surface area contributed by atoms with Crippen molar-refractivity contribution in [2.45, 2.75) is 25.1 Å². The predicted octanol–water partition coefficient (Wildman–Crippen LogP) is 2.60. The van der Waals surface area contributed by atoms with Crippen molar-refractivity contribution in [1.29, 1.82) is 0 Å². The lowest BCUT2D eigenvalue weighted by atomic mass is 9.93. The summed E-state index contributed by atoms with van der Waals surface area (Å²) in [5.74, 6) is 0.484. The van der Waals surface area contributed by atoms with Crippen molar-refractivity contribution in [2.24, 2.45) is 4.99 Å². The second-order valence-corrected chi connectivity index (χ2v) is 7.78. The number of benzene rings is 2. The third kappa shape index (κ3) is 2.33. The number of halogens is 1. The molecule has 0 N–H and O–H groups in total. The van der Waals surface area contributed by atoms with Gasteiger partial charge in [0.05, 0.1) is 10.6 Å². The Morgan fingerprint density at radius 1 is 1.27 bits per heavy atom. The fourth-order valence-electron chi connectivity index (χ4n) is 3.65. The van der Waals surface area contributed by atoms with E-state index in [1.807, 2.05) is 31.2 Å². The fraction of sp³-hybridized carbons (Fsp3) is 0.200. The summed E-state index contributed by atoms with van der Waals surface area (Å²) in [5, 5.41) is 0.